The molecule has 4 heteroatoms. The van der Waals surface area contributed by atoms with Crippen LogP contribution in [0.2, 0.25) is 0 Å². The number of aryl methyl sites for hydroxylation is 1. The van der Waals surface area contributed by atoms with E-state index in [2.05, 4.69) is 33.0 Å². The van der Waals surface area contributed by atoms with Gasteiger partial charge in [0.25, 0.3) is 0 Å². The monoisotopic (exact) mass is 217 g/mol. The Bertz CT molecular complexity index is 504. The fraction of sp³-hybridized carbons (Fsp3) is 0.273. The molecule has 0 saturated carbocycles. The van der Waals surface area contributed by atoms with Crippen molar-refractivity contribution in [3.8, 4) is 11.4 Å². The van der Waals surface area contributed by atoms with Crippen LogP contribution in [0.3, 0.4) is 0 Å². The second-order valence-electron chi connectivity index (χ2n) is 3.74. The largest absolute Gasteiger partial charge is 0.307 e. The smallest absolute Gasteiger partial charge is 0.160 e. The van der Waals surface area contributed by atoms with Crippen molar-refractivity contribution in [3.05, 3.63) is 33.8 Å². The predicted molar refractivity (Wildman–Crippen MR) is 60.6 cm³/mol. The topological polar surface area (TPSA) is 37.8 Å². The van der Waals surface area contributed by atoms with Gasteiger partial charge in [0.1, 0.15) is 0 Å². The van der Waals surface area contributed by atoms with E-state index in [1.165, 1.54) is 11.1 Å². The molecule has 0 fully saturated rings. The molecule has 3 nitrogen and oxygen atoms in total. The average molecular weight is 217 g/mol. The first-order valence-electron chi connectivity index (χ1n) is 4.93. The lowest BCUT2D eigenvalue weighted by Gasteiger charge is -2.01. The van der Waals surface area contributed by atoms with E-state index in [4.69, 9.17) is 0 Å². The fourth-order valence-electron chi connectivity index (χ4n) is 1.78. The van der Waals surface area contributed by atoms with E-state index in [1.807, 2.05) is 6.20 Å². The minimum Gasteiger partial charge on any atom is -0.307 e. The summed E-state index contributed by atoms with van der Waals surface area (Å²) >= 11 is 1.70. The summed E-state index contributed by atoms with van der Waals surface area (Å²) in [5.74, 6) is 0.858. The zero-order valence-corrected chi connectivity index (χ0v) is 9.27. The molecule has 1 aliphatic rings. The minimum absolute atomic E-state index is 0.858. The van der Waals surface area contributed by atoms with Crippen molar-refractivity contribution in [1.82, 2.24) is 15.3 Å². The van der Waals surface area contributed by atoms with Crippen LogP contribution in [0, 0.1) is 6.92 Å². The molecule has 0 amide bonds. The highest BCUT2D eigenvalue weighted by atomic mass is 32.1. The average Bonchev–Trinajstić information content (AvgIpc) is 2.84. The SMILES string of the molecule is Cc1cscc1-c1ncc2c(n1)CNC2. The molecule has 1 aliphatic heterocycles. The molecule has 3 rings (SSSR count). The highest BCUT2D eigenvalue weighted by Gasteiger charge is 2.14. The summed E-state index contributed by atoms with van der Waals surface area (Å²) in [7, 11) is 0. The molecule has 0 bridgehead atoms. The molecule has 0 atom stereocenters. The van der Waals surface area contributed by atoms with Gasteiger partial charge in [-0.25, -0.2) is 9.97 Å². The van der Waals surface area contributed by atoms with E-state index in [0.29, 0.717) is 0 Å². The molecule has 1 N–H and O–H groups in total. The Balaban J connectivity index is 2.11. The second-order valence-corrected chi connectivity index (χ2v) is 4.48. The van der Waals surface area contributed by atoms with Gasteiger partial charge in [0.15, 0.2) is 5.82 Å². The normalized spacial score (nSPS) is 14.2. The van der Waals surface area contributed by atoms with E-state index in [9.17, 15) is 0 Å². The van der Waals surface area contributed by atoms with Gasteiger partial charge in [0.05, 0.1) is 5.69 Å². The van der Waals surface area contributed by atoms with E-state index >= 15 is 0 Å². The van der Waals surface area contributed by atoms with Crippen molar-refractivity contribution in [3.63, 3.8) is 0 Å². The zero-order valence-electron chi connectivity index (χ0n) is 8.45. The maximum absolute atomic E-state index is 4.59. The highest BCUT2D eigenvalue weighted by Crippen LogP contribution is 2.25. The highest BCUT2D eigenvalue weighted by molar-refractivity contribution is 7.08. The Morgan fingerprint density at radius 2 is 2.27 bits per heavy atom. The number of hydrogen-bond donors (Lipinski definition) is 1. The van der Waals surface area contributed by atoms with Crippen LogP contribution < -0.4 is 5.32 Å². The molecule has 3 heterocycles. The molecule has 76 valence electrons. The number of rotatable bonds is 1. The van der Waals surface area contributed by atoms with Crippen LogP contribution in [0.4, 0.5) is 0 Å². The number of nitrogens with one attached hydrogen (secondary N) is 1. The lowest BCUT2D eigenvalue weighted by Crippen LogP contribution is -2.00. The maximum atomic E-state index is 4.59. The van der Waals surface area contributed by atoms with Crippen LogP contribution in [0.5, 0.6) is 0 Å². The summed E-state index contributed by atoms with van der Waals surface area (Å²) in [4.78, 5) is 9.00. The third kappa shape index (κ3) is 1.46. The van der Waals surface area contributed by atoms with Crippen LogP contribution in [-0.2, 0) is 13.1 Å². The maximum Gasteiger partial charge on any atom is 0.160 e. The lowest BCUT2D eigenvalue weighted by molar-refractivity contribution is 0.758. The first kappa shape index (κ1) is 9.00. The van der Waals surface area contributed by atoms with Gasteiger partial charge in [-0.2, -0.15) is 11.3 Å². The summed E-state index contributed by atoms with van der Waals surface area (Å²) < 4.78 is 0. The van der Waals surface area contributed by atoms with Crippen molar-refractivity contribution in [1.29, 1.82) is 0 Å². The van der Waals surface area contributed by atoms with Crippen molar-refractivity contribution in [2.75, 3.05) is 0 Å². The summed E-state index contributed by atoms with van der Waals surface area (Å²) in [5.41, 5.74) is 4.79. The lowest BCUT2D eigenvalue weighted by atomic mass is 10.2. The van der Waals surface area contributed by atoms with Gasteiger partial charge >= 0.3 is 0 Å². The first-order valence-corrected chi connectivity index (χ1v) is 5.87. The quantitative estimate of drug-likeness (QED) is 0.795. The van der Waals surface area contributed by atoms with Crippen LogP contribution >= 0.6 is 11.3 Å². The Morgan fingerprint density at radius 1 is 1.33 bits per heavy atom. The number of fused-ring (bicyclic) bond motifs is 1. The summed E-state index contributed by atoms with van der Waals surface area (Å²) in [5, 5.41) is 7.51. The molecule has 2 aromatic rings. The Labute approximate surface area is 92.2 Å². The molecule has 15 heavy (non-hydrogen) atoms. The van der Waals surface area contributed by atoms with E-state index in [0.717, 1.165) is 30.2 Å². The Morgan fingerprint density at radius 3 is 3.07 bits per heavy atom. The van der Waals surface area contributed by atoms with Gasteiger partial charge in [0, 0.05) is 35.8 Å². The van der Waals surface area contributed by atoms with Crippen LogP contribution in [0.1, 0.15) is 16.8 Å². The number of hydrogen-bond acceptors (Lipinski definition) is 4. The second kappa shape index (κ2) is 3.40. The molecule has 0 radical (unpaired) electrons. The van der Waals surface area contributed by atoms with Gasteiger partial charge in [-0.1, -0.05) is 0 Å². The molecule has 0 unspecified atom stereocenters. The van der Waals surface area contributed by atoms with E-state index in [1.54, 1.807) is 11.3 Å². The fourth-order valence-corrected chi connectivity index (χ4v) is 2.60. The van der Waals surface area contributed by atoms with Gasteiger partial charge in [-0.3, -0.25) is 0 Å². The van der Waals surface area contributed by atoms with Gasteiger partial charge in [0.2, 0.25) is 0 Å². The predicted octanol–water partition coefficient (Wildman–Crippen LogP) is 2.12. The zero-order chi connectivity index (χ0) is 10.3. The number of thiophene rings is 1. The third-order valence-electron chi connectivity index (χ3n) is 2.66. The van der Waals surface area contributed by atoms with Crippen LogP contribution in [-0.4, -0.2) is 9.97 Å². The van der Waals surface area contributed by atoms with Gasteiger partial charge < -0.3 is 5.32 Å². The third-order valence-corrected chi connectivity index (χ3v) is 3.52. The molecular formula is C11H11N3S. The molecular weight excluding hydrogens is 206 g/mol. The Kier molecular flexibility index (Phi) is 2.04. The summed E-state index contributed by atoms with van der Waals surface area (Å²) in [6.07, 6.45) is 1.94. The summed E-state index contributed by atoms with van der Waals surface area (Å²) in [6, 6.07) is 0. The van der Waals surface area contributed by atoms with Crippen LogP contribution in [0.15, 0.2) is 17.0 Å². The summed E-state index contributed by atoms with van der Waals surface area (Å²) in [6.45, 7) is 3.87. The Hall–Kier alpha value is -1.26. The van der Waals surface area contributed by atoms with Crippen molar-refractivity contribution in [2.45, 2.75) is 20.0 Å². The molecule has 2 aromatic heterocycles. The standard InChI is InChI=1S/C11H11N3S/c1-7-5-15-6-9(7)11-13-3-8-2-12-4-10(8)14-11/h3,5-6,12H,2,4H2,1H3. The minimum atomic E-state index is 0.858. The molecule has 0 aliphatic carbocycles. The van der Waals surface area contributed by atoms with Crippen molar-refractivity contribution >= 4 is 11.3 Å². The molecule has 0 spiro atoms. The number of nitrogens with zero attached hydrogens (tertiary/aromatic N) is 2. The molecule has 0 aromatic carbocycles. The van der Waals surface area contributed by atoms with Gasteiger partial charge in [-0.15, -0.1) is 0 Å². The van der Waals surface area contributed by atoms with Crippen molar-refractivity contribution < 1.29 is 0 Å². The van der Waals surface area contributed by atoms with E-state index in [-0.39, 0.29) is 0 Å². The molecule has 0 saturated heterocycles. The van der Waals surface area contributed by atoms with Gasteiger partial charge in [-0.05, 0) is 17.9 Å². The number of aromatic nitrogens is 2. The van der Waals surface area contributed by atoms with E-state index < -0.39 is 0 Å². The van der Waals surface area contributed by atoms with Crippen LogP contribution in [0.25, 0.3) is 11.4 Å². The first-order chi connectivity index (χ1) is 7.34. The van der Waals surface area contributed by atoms with Crippen molar-refractivity contribution in [2.24, 2.45) is 0 Å².